The first-order valence-corrected chi connectivity index (χ1v) is 6.83. The number of aromatic nitrogens is 2. The van der Waals surface area contributed by atoms with Crippen LogP contribution < -0.4 is 11.3 Å². The maximum Gasteiger partial charge on any atom is 0.279 e. The van der Waals surface area contributed by atoms with Gasteiger partial charge in [-0.2, -0.15) is 4.98 Å². The molecule has 0 saturated carbocycles. The van der Waals surface area contributed by atoms with Gasteiger partial charge in [-0.25, -0.2) is 0 Å². The largest absolute Gasteiger partial charge is 0.384 e. The molecule has 2 heterocycles. The second kappa shape index (κ2) is 4.51. The lowest BCUT2D eigenvalue weighted by molar-refractivity contribution is 1.03. The lowest BCUT2D eigenvalue weighted by Crippen LogP contribution is -2.18. The first-order chi connectivity index (χ1) is 9.15. The average molecular weight is 271 g/mol. The summed E-state index contributed by atoms with van der Waals surface area (Å²) in [6.07, 6.45) is 2.34. The minimum atomic E-state index is -0.236. The maximum atomic E-state index is 12.0. The van der Waals surface area contributed by atoms with Crippen molar-refractivity contribution in [3.8, 4) is 0 Å². The third kappa shape index (κ3) is 2.13. The molecule has 0 atom stereocenters. The van der Waals surface area contributed by atoms with Gasteiger partial charge in [-0.1, -0.05) is 29.8 Å². The molecule has 0 aliphatic rings. The Morgan fingerprint density at radius 1 is 1.32 bits per heavy atom. The molecule has 0 unspecified atom stereocenters. The topological polar surface area (TPSA) is 60.4 Å². The highest BCUT2D eigenvalue weighted by molar-refractivity contribution is 7.15. The second-order valence-corrected chi connectivity index (χ2v) is 5.37. The van der Waals surface area contributed by atoms with E-state index >= 15 is 0 Å². The molecule has 0 aliphatic carbocycles. The molecule has 96 valence electrons. The van der Waals surface area contributed by atoms with Crippen LogP contribution in [0.25, 0.3) is 4.96 Å². The van der Waals surface area contributed by atoms with Crippen LogP contribution >= 0.6 is 11.3 Å². The molecule has 2 N–H and O–H groups in total. The molecule has 19 heavy (non-hydrogen) atoms. The van der Waals surface area contributed by atoms with Crippen molar-refractivity contribution in [3.05, 3.63) is 62.9 Å². The molecule has 4 nitrogen and oxygen atoms in total. The Kier molecular flexibility index (Phi) is 2.83. The quantitative estimate of drug-likeness (QED) is 0.777. The highest BCUT2D eigenvalue weighted by Gasteiger charge is 2.11. The van der Waals surface area contributed by atoms with Crippen LogP contribution in [0.1, 0.15) is 16.7 Å². The fourth-order valence-corrected chi connectivity index (χ4v) is 2.73. The average Bonchev–Trinajstić information content (AvgIpc) is 2.85. The molecule has 0 amide bonds. The van der Waals surface area contributed by atoms with E-state index in [0.717, 1.165) is 5.56 Å². The SMILES string of the molecule is Cc1ccc(Cc2c(N)n3ccsc3nc2=O)cc1. The smallest absolute Gasteiger partial charge is 0.279 e. The second-order valence-electron chi connectivity index (χ2n) is 4.50. The predicted octanol–water partition coefficient (Wildman–Crippen LogP) is 2.24. The van der Waals surface area contributed by atoms with Gasteiger partial charge in [0.1, 0.15) is 5.82 Å². The van der Waals surface area contributed by atoms with Gasteiger partial charge in [0.25, 0.3) is 5.56 Å². The van der Waals surface area contributed by atoms with E-state index in [9.17, 15) is 4.79 Å². The van der Waals surface area contributed by atoms with Gasteiger partial charge in [0.05, 0.1) is 5.56 Å². The van der Waals surface area contributed by atoms with Crippen molar-refractivity contribution < 1.29 is 0 Å². The summed E-state index contributed by atoms with van der Waals surface area (Å²) in [7, 11) is 0. The van der Waals surface area contributed by atoms with Crippen LogP contribution in [0.3, 0.4) is 0 Å². The van der Waals surface area contributed by atoms with Crippen molar-refractivity contribution in [2.24, 2.45) is 0 Å². The minimum absolute atomic E-state index is 0.236. The molecule has 3 rings (SSSR count). The van der Waals surface area contributed by atoms with Crippen molar-refractivity contribution in [3.63, 3.8) is 0 Å². The number of hydrogen-bond acceptors (Lipinski definition) is 4. The number of nitrogens with two attached hydrogens (primary N) is 1. The summed E-state index contributed by atoms with van der Waals surface area (Å²) in [5.41, 5.74) is 8.65. The normalized spacial score (nSPS) is 11.0. The van der Waals surface area contributed by atoms with Crippen LogP contribution in [0, 0.1) is 6.92 Å². The number of nitrogen functional groups attached to an aromatic ring is 1. The first-order valence-electron chi connectivity index (χ1n) is 5.95. The van der Waals surface area contributed by atoms with Crippen molar-refractivity contribution in [1.82, 2.24) is 9.38 Å². The lowest BCUT2D eigenvalue weighted by atomic mass is 10.1. The van der Waals surface area contributed by atoms with Crippen molar-refractivity contribution >= 4 is 22.1 Å². The third-order valence-corrected chi connectivity index (χ3v) is 3.87. The van der Waals surface area contributed by atoms with E-state index in [2.05, 4.69) is 4.98 Å². The Morgan fingerprint density at radius 3 is 2.79 bits per heavy atom. The molecule has 0 fully saturated rings. The van der Waals surface area contributed by atoms with Gasteiger partial charge >= 0.3 is 0 Å². The molecule has 5 heteroatoms. The van der Waals surface area contributed by atoms with Crippen LogP contribution in [0.5, 0.6) is 0 Å². The van der Waals surface area contributed by atoms with Crippen LogP contribution in [0.2, 0.25) is 0 Å². The molecule has 0 spiro atoms. The first kappa shape index (κ1) is 11.9. The zero-order chi connectivity index (χ0) is 13.4. The number of fused-ring (bicyclic) bond motifs is 1. The van der Waals surface area contributed by atoms with Crippen LogP contribution in [0.15, 0.2) is 40.6 Å². The van der Waals surface area contributed by atoms with Gasteiger partial charge in [0, 0.05) is 18.0 Å². The summed E-state index contributed by atoms with van der Waals surface area (Å²) < 4.78 is 1.76. The van der Waals surface area contributed by atoms with Gasteiger partial charge in [0.15, 0.2) is 4.96 Å². The summed E-state index contributed by atoms with van der Waals surface area (Å²) >= 11 is 1.40. The predicted molar refractivity (Wildman–Crippen MR) is 77.7 cm³/mol. The molecular weight excluding hydrogens is 258 g/mol. The summed E-state index contributed by atoms with van der Waals surface area (Å²) in [5, 5.41) is 1.87. The van der Waals surface area contributed by atoms with Crippen LogP contribution in [0.4, 0.5) is 5.82 Å². The number of thiazole rings is 1. The molecule has 3 aromatic rings. The zero-order valence-electron chi connectivity index (χ0n) is 10.5. The number of hydrogen-bond donors (Lipinski definition) is 1. The Hall–Kier alpha value is -2.14. The van der Waals surface area contributed by atoms with Crippen molar-refractivity contribution in [2.45, 2.75) is 13.3 Å². The van der Waals surface area contributed by atoms with E-state index in [1.165, 1.54) is 16.9 Å². The van der Waals surface area contributed by atoms with E-state index in [-0.39, 0.29) is 5.56 Å². The van der Waals surface area contributed by atoms with E-state index in [1.54, 1.807) is 4.40 Å². The maximum absolute atomic E-state index is 12.0. The van der Waals surface area contributed by atoms with Crippen LogP contribution in [-0.2, 0) is 6.42 Å². The number of aryl methyl sites for hydroxylation is 1. The minimum Gasteiger partial charge on any atom is -0.384 e. The van der Waals surface area contributed by atoms with E-state index < -0.39 is 0 Å². The zero-order valence-corrected chi connectivity index (χ0v) is 11.3. The summed E-state index contributed by atoms with van der Waals surface area (Å²) in [5.74, 6) is 0.483. The third-order valence-electron chi connectivity index (χ3n) is 3.12. The number of anilines is 1. The van der Waals surface area contributed by atoms with Crippen molar-refractivity contribution in [2.75, 3.05) is 5.73 Å². The summed E-state index contributed by atoms with van der Waals surface area (Å²) in [6, 6.07) is 8.08. The molecule has 0 saturated heterocycles. The molecule has 0 radical (unpaired) electrons. The molecular formula is C14H13N3OS. The number of rotatable bonds is 2. The Bertz CT molecular complexity index is 787. The Morgan fingerprint density at radius 2 is 2.05 bits per heavy atom. The van der Waals surface area contributed by atoms with Crippen LogP contribution in [-0.4, -0.2) is 9.38 Å². The molecule has 2 aromatic heterocycles. The monoisotopic (exact) mass is 271 g/mol. The van der Waals surface area contributed by atoms with Gasteiger partial charge in [0.2, 0.25) is 0 Å². The number of nitrogens with zero attached hydrogens (tertiary/aromatic N) is 2. The highest BCUT2D eigenvalue weighted by Crippen LogP contribution is 2.17. The lowest BCUT2D eigenvalue weighted by Gasteiger charge is -2.07. The fourth-order valence-electron chi connectivity index (χ4n) is 2.02. The van der Waals surface area contributed by atoms with Gasteiger partial charge in [-0.3, -0.25) is 9.20 Å². The van der Waals surface area contributed by atoms with E-state index in [4.69, 9.17) is 5.73 Å². The molecule has 0 aliphatic heterocycles. The molecule has 1 aromatic carbocycles. The Balaban J connectivity index is 2.09. The Labute approximate surface area is 114 Å². The highest BCUT2D eigenvalue weighted by atomic mass is 32.1. The van der Waals surface area contributed by atoms with Gasteiger partial charge in [-0.15, -0.1) is 11.3 Å². The van der Waals surface area contributed by atoms with E-state index in [1.807, 2.05) is 42.8 Å². The summed E-state index contributed by atoms with van der Waals surface area (Å²) in [6.45, 7) is 2.03. The fraction of sp³-hybridized carbons (Fsp3) is 0.143. The van der Waals surface area contributed by atoms with Crippen molar-refractivity contribution in [1.29, 1.82) is 0 Å². The standard InChI is InChI=1S/C14H13N3OS/c1-9-2-4-10(5-3-9)8-11-12(15)17-6-7-19-14(17)16-13(11)18/h2-7H,8,15H2,1H3. The van der Waals surface area contributed by atoms with E-state index in [0.29, 0.717) is 22.8 Å². The molecule has 0 bridgehead atoms. The number of benzene rings is 1. The van der Waals surface area contributed by atoms with Gasteiger partial charge in [-0.05, 0) is 12.5 Å². The van der Waals surface area contributed by atoms with Gasteiger partial charge < -0.3 is 5.73 Å². The summed E-state index contributed by atoms with van der Waals surface area (Å²) in [4.78, 5) is 16.7.